The molecule has 0 spiro atoms. The fourth-order valence-electron chi connectivity index (χ4n) is 1.27. The first kappa shape index (κ1) is 11.0. The van der Waals surface area contributed by atoms with Gasteiger partial charge < -0.3 is 10.4 Å². The van der Waals surface area contributed by atoms with Crippen molar-refractivity contribution in [2.45, 2.75) is 19.9 Å². The average Bonchev–Trinajstić information content (AvgIpc) is 2.18. The Labute approximate surface area is 83.8 Å². The first-order valence-corrected chi connectivity index (χ1v) is 4.79. The number of aryl methyl sites for hydroxylation is 1. The summed E-state index contributed by atoms with van der Waals surface area (Å²) in [5, 5.41) is 12.5. The maximum absolute atomic E-state index is 11.8. The number of hydrogen-bond acceptors (Lipinski definition) is 2. The van der Waals surface area contributed by atoms with Gasteiger partial charge in [-0.25, -0.2) is 0 Å². The first-order chi connectivity index (χ1) is 6.74. The molecule has 0 aliphatic rings. The molecular weight excluding hydrogens is 181 g/mol. The lowest BCUT2D eigenvalue weighted by Crippen LogP contribution is -2.15. The largest absolute Gasteiger partial charge is 0.508 e. The molecule has 0 heterocycles. The molecule has 0 aliphatic heterocycles. The quantitative estimate of drug-likeness (QED) is 0.709. The van der Waals surface area contributed by atoms with Gasteiger partial charge in [-0.3, -0.25) is 4.39 Å². The van der Waals surface area contributed by atoms with Crippen LogP contribution in [0.1, 0.15) is 17.5 Å². The second-order valence-electron chi connectivity index (χ2n) is 3.35. The van der Waals surface area contributed by atoms with E-state index in [1.54, 1.807) is 6.07 Å². The number of alkyl halides is 1. The molecule has 1 rings (SSSR count). The van der Waals surface area contributed by atoms with Crippen LogP contribution in [-0.2, 0) is 6.54 Å². The highest BCUT2D eigenvalue weighted by molar-refractivity contribution is 5.35. The van der Waals surface area contributed by atoms with Gasteiger partial charge in [0.1, 0.15) is 5.75 Å². The minimum atomic E-state index is -0.299. The summed E-state index contributed by atoms with van der Waals surface area (Å²) in [4.78, 5) is 0. The van der Waals surface area contributed by atoms with Crippen molar-refractivity contribution in [1.82, 2.24) is 5.32 Å². The van der Waals surface area contributed by atoms with E-state index in [1.165, 1.54) is 0 Å². The Morgan fingerprint density at radius 1 is 1.43 bits per heavy atom. The molecule has 0 bridgehead atoms. The van der Waals surface area contributed by atoms with Crippen molar-refractivity contribution in [3.05, 3.63) is 29.3 Å². The molecule has 0 atom stereocenters. The van der Waals surface area contributed by atoms with Gasteiger partial charge in [0, 0.05) is 12.1 Å². The van der Waals surface area contributed by atoms with Crippen molar-refractivity contribution in [3.8, 4) is 5.75 Å². The topological polar surface area (TPSA) is 32.3 Å². The molecule has 0 radical (unpaired) electrons. The standard InChI is InChI=1S/C11H16FNO/c1-9-3-4-11(14)10(7-9)8-13-6-2-5-12/h3-4,7,13-14H,2,5-6,8H2,1H3. The molecular formula is C11H16FNO. The van der Waals surface area contributed by atoms with E-state index < -0.39 is 0 Å². The van der Waals surface area contributed by atoms with Gasteiger partial charge in [-0.2, -0.15) is 0 Å². The third kappa shape index (κ3) is 3.34. The van der Waals surface area contributed by atoms with Crippen molar-refractivity contribution in [2.75, 3.05) is 13.2 Å². The molecule has 0 aromatic heterocycles. The summed E-state index contributed by atoms with van der Waals surface area (Å²) in [6, 6.07) is 5.47. The molecule has 14 heavy (non-hydrogen) atoms. The Hall–Kier alpha value is -1.09. The minimum Gasteiger partial charge on any atom is -0.508 e. The van der Waals surface area contributed by atoms with Crippen LogP contribution in [0.15, 0.2) is 18.2 Å². The van der Waals surface area contributed by atoms with Crippen molar-refractivity contribution in [2.24, 2.45) is 0 Å². The van der Waals surface area contributed by atoms with E-state index in [2.05, 4.69) is 5.32 Å². The van der Waals surface area contributed by atoms with Gasteiger partial charge in [0.2, 0.25) is 0 Å². The van der Waals surface area contributed by atoms with Crippen molar-refractivity contribution in [3.63, 3.8) is 0 Å². The van der Waals surface area contributed by atoms with Gasteiger partial charge in [0.25, 0.3) is 0 Å². The van der Waals surface area contributed by atoms with Crippen molar-refractivity contribution < 1.29 is 9.50 Å². The summed E-state index contributed by atoms with van der Waals surface area (Å²) in [7, 11) is 0. The van der Waals surface area contributed by atoms with Crippen LogP contribution in [0.5, 0.6) is 5.75 Å². The van der Waals surface area contributed by atoms with Crippen LogP contribution >= 0.6 is 0 Å². The zero-order chi connectivity index (χ0) is 10.4. The highest BCUT2D eigenvalue weighted by Crippen LogP contribution is 2.17. The zero-order valence-electron chi connectivity index (χ0n) is 8.39. The number of benzene rings is 1. The normalized spacial score (nSPS) is 10.4. The van der Waals surface area contributed by atoms with Crippen LogP contribution < -0.4 is 5.32 Å². The molecule has 2 nitrogen and oxygen atoms in total. The number of phenolic OH excluding ortho intramolecular Hbond substituents is 1. The molecule has 0 amide bonds. The van der Waals surface area contributed by atoms with Crippen LogP contribution in [0, 0.1) is 6.92 Å². The molecule has 1 aromatic carbocycles. The van der Waals surface area contributed by atoms with Crippen LogP contribution in [0.2, 0.25) is 0 Å². The molecule has 3 heteroatoms. The summed E-state index contributed by atoms with van der Waals surface area (Å²) in [6.07, 6.45) is 0.520. The van der Waals surface area contributed by atoms with Crippen molar-refractivity contribution >= 4 is 0 Å². The Kier molecular flexibility index (Phi) is 4.40. The Balaban J connectivity index is 2.45. The summed E-state index contributed by atoms with van der Waals surface area (Å²) < 4.78 is 11.8. The fourth-order valence-corrected chi connectivity index (χ4v) is 1.27. The van der Waals surface area contributed by atoms with E-state index >= 15 is 0 Å². The van der Waals surface area contributed by atoms with E-state index in [1.807, 2.05) is 19.1 Å². The molecule has 2 N–H and O–H groups in total. The number of aromatic hydroxyl groups is 1. The van der Waals surface area contributed by atoms with Crippen LogP contribution in [0.25, 0.3) is 0 Å². The monoisotopic (exact) mass is 197 g/mol. The second-order valence-corrected chi connectivity index (χ2v) is 3.35. The van der Waals surface area contributed by atoms with Gasteiger partial charge in [0.05, 0.1) is 6.67 Å². The molecule has 1 aromatic rings. The van der Waals surface area contributed by atoms with Gasteiger partial charge in [-0.1, -0.05) is 17.7 Å². The first-order valence-electron chi connectivity index (χ1n) is 4.79. The summed E-state index contributed by atoms with van der Waals surface area (Å²) in [5.74, 6) is 0.295. The molecule has 78 valence electrons. The predicted molar refractivity (Wildman–Crippen MR) is 55.1 cm³/mol. The Bertz CT molecular complexity index is 289. The van der Waals surface area contributed by atoms with Gasteiger partial charge in [0.15, 0.2) is 0 Å². The molecule has 0 fully saturated rings. The van der Waals surface area contributed by atoms with E-state index in [0.29, 0.717) is 25.3 Å². The highest BCUT2D eigenvalue weighted by atomic mass is 19.1. The molecule has 0 saturated heterocycles. The SMILES string of the molecule is Cc1ccc(O)c(CNCCCF)c1. The second kappa shape index (κ2) is 5.60. The Morgan fingerprint density at radius 2 is 2.21 bits per heavy atom. The van der Waals surface area contributed by atoms with Gasteiger partial charge in [-0.05, 0) is 26.0 Å². The average molecular weight is 197 g/mol. The van der Waals surface area contributed by atoms with E-state index in [4.69, 9.17) is 0 Å². The van der Waals surface area contributed by atoms with Gasteiger partial charge in [-0.15, -0.1) is 0 Å². The van der Waals surface area contributed by atoms with E-state index in [-0.39, 0.29) is 6.67 Å². The summed E-state index contributed by atoms with van der Waals surface area (Å²) in [6.45, 7) is 2.91. The molecule has 0 saturated carbocycles. The number of hydrogen-bond donors (Lipinski definition) is 2. The maximum atomic E-state index is 11.8. The number of phenols is 1. The van der Waals surface area contributed by atoms with Crippen LogP contribution in [0.3, 0.4) is 0 Å². The zero-order valence-corrected chi connectivity index (χ0v) is 8.39. The smallest absolute Gasteiger partial charge is 0.120 e. The van der Waals surface area contributed by atoms with E-state index in [0.717, 1.165) is 11.1 Å². The van der Waals surface area contributed by atoms with Crippen LogP contribution in [-0.4, -0.2) is 18.3 Å². The Morgan fingerprint density at radius 3 is 2.93 bits per heavy atom. The lowest BCUT2D eigenvalue weighted by molar-refractivity contribution is 0.450. The maximum Gasteiger partial charge on any atom is 0.120 e. The lowest BCUT2D eigenvalue weighted by atomic mass is 10.1. The molecule has 0 aliphatic carbocycles. The number of rotatable bonds is 5. The number of nitrogens with one attached hydrogen (secondary N) is 1. The number of halogens is 1. The third-order valence-corrected chi connectivity index (χ3v) is 2.04. The summed E-state index contributed by atoms with van der Waals surface area (Å²) in [5.41, 5.74) is 1.98. The van der Waals surface area contributed by atoms with Crippen LogP contribution in [0.4, 0.5) is 4.39 Å². The van der Waals surface area contributed by atoms with Gasteiger partial charge >= 0.3 is 0 Å². The summed E-state index contributed by atoms with van der Waals surface area (Å²) >= 11 is 0. The van der Waals surface area contributed by atoms with Crippen molar-refractivity contribution in [1.29, 1.82) is 0 Å². The fraction of sp³-hybridized carbons (Fsp3) is 0.455. The predicted octanol–water partition coefficient (Wildman–Crippen LogP) is 2.15. The minimum absolute atomic E-state index is 0.295. The lowest BCUT2D eigenvalue weighted by Gasteiger charge is -2.06. The molecule has 0 unspecified atom stereocenters. The third-order valence-electron chi connectivity index (χ3n) is 2.04. The van der Waals surface area contributed by atoms with E-state index in [9.17, 15) is 9.50 Å². The highest BCUT2D eigenvalue weighted by Gasteiger charge is 1.99.